The van der Waals surface area contributed by atoms with E-state index in [1.54, 1.807) is 49.9 Å². The van der Waals surface area contributed by atoms with Crippen LogP contribution in [0.15, 0.2) is 42.5 Å². The van der Waals surface area contributed by atoms with Crippen molar-refractivity contribution in [1.29, 1.82) is 0 Å². The number of phenols is 1. The molecule has 212 valence electrons. The number of nitrogens with zero attached hydrogens (tertiary/aromatic N) is 1. The van der Waals surface area contributed by atoms with Crippen LogP contribution < -0.4 is 10.6 Å². The lowest BCUT2D eigenvalue weighted by molar-refractivity contribution is -0.146. The molecule has 0 spiro atoms. The highest BCUT2D eigenvalue weighted by molar-refractivity contribution is 6.34. The number of hydrogen-bond acceptors (Lipinski definition) is 5. The Labute approximate surface area is 236 Å². The molecule has 2 aromatic carbocycles. The molecule has 0 aromatic heterocycles. The van der Waals surface area contributed by atoms with Gasteiger partial charge in [0.2, 0.25) is 5.91 Å². The number of rotatable bonds is 9. The van der Waals surface area contributed by atoms with Crippen molar-refractivity contribution < 1.29 is 24.2 Å². The Kier molecular flexibility index (Phi) is 9.88. The number of benzene rings is 2. The molecular weight excluding hydrogens is 518 g/mol. The molecule has 3 amide bonds. The Balaban J connectivity index is 2.04. The molecule has 8 nitrogen and oxygen atoms in total. The Morgan fingerprint density at radius 2 is 1.74 bits per heavy atom. The summed E-state index contributed by atoms with van der Waals surface area (Å²) >= 11 is 6.42. The summed E-state index contributed by atoms with van der Waals surface area (Å²) in [7, 11) is 0. The monoisotopic (exact) mass is 557 g/mol. The second kappa shape index (κ2) is 12.7. The third kappa shape index (κ3) is 8.12. The molecule has 0 saturated heterocycles. The maximum Gasteiger partial charge on any atom is 0.408 e. The Bertz CT molecular complexity index is 1150. The second-order valence-corrected chi connectivity index (χ2v) is 12.0. The van der Waals surface area contributed by atoms with Gasteiger partial charge in [-0.25, -0.2) is 4.79 Å². The number of hydrogen-bond donors (Lipinski definition) is 3. The molecule has 2 atom stereocenters. The number of anilines is 1. The van der Waals surface area contributed by atoms with E-state index in [0.717, 1.165) is 24.8 Å². The van der Waals surface area contributed by atoms with E-state index in [-0.39, 0.29) is 23.6 Å². The van der Waals surface area contributed by atoms with Gasteiger partial charge < -0.3 is 25.4 Å². The fraction of sp³-hybridized carbons (Fsp3) is 0.500. The smallest absolute Gasteiger partial charge is 0.408 e. The molecule has 2 unspecified atom stereocenters. The number of phenolic OH excluding ortho intramolecular Hbond substituents is 1. The van der Waals surface area contributed by atoms with E-state index in [2.05, 4.69) is 10.6 Å². The summed E-state index contributed by atoms with van der Waals surface area (Å²) in [5.41, 5.74) is 1.06. The number of ether oxygens (including phenoxy) is 1. The van der Waals surface area contributed by atoms with Crippen LogP contribution in [0.25, 0.3) is 0 Å². The maximum atomic E-state index is 14.3. The van der Waals surface area contributed by atoms with Crippen LogP contribution in [0.4, 0.5) is 10.5 Å². The van der Waals surface area contributed by atoms with E-state index < -0.39 is 29.7 Å². The average molecular weight is 558 g/mol. The standard InChI is InChI=1S/C30H40ClN3O5/c1-18(2)17-24(32-29(38)39-30(4,5)6)28(37)34(21-10-8-11-21)26(20-13-15-22(35)16-14-20)27(36)33-25-19(3)9-7-12-23(25)31/h7,9,12-16,18,21,24,26,35H,8,10-11,17H2,1-6H3,(H,32,38)(H,33,36). The van der Waals surface area contributed by atoms with Crippen molar-refractivity contribution in [3.63, 3.8) is 0 Å². The quantitative estimate of drug-likeness (QED) is 0.333. The number of amides is 3. The van der Waals surface area contributed by atoms with Crippen LogP contribution in [0.5, 0.6) is 5.75 Å². The van der Waals surface area contributed by atoms with Crippen LogP contribution in [0.2, 0.25) is 5.02 Å². The minimum atomic E-state index is -1.02. The van der Waals surface area contributed by atoms with Crippen LogP contribution in [0.1, 0.15) is 77.5 Å². The molecule has 1 aliphatic rings. The van der Waals surface area contributed by atoms with Gasteiger partial charge in [-0.2, -0.15) is 0 Å². The lowest BCUT2D eigenvalue weighted by atomic mass is 9.87. The summed E-state index contributed by atoms with van der Waals surface area (Å²) in [6.07, 6.45) is 2.08. The molecule has 9 heteroatoms. The predicted octanol–water partition coefficient (Wildman–Crippen LogP) is 6.35. The van der Waals surface area contributed by atoms with Crippen molar-refractivity contribution in [2.24, 2.45) is 5.92 Å². The predicted molar refractivity (Wildman–Crippen MR) is 153 cm³/mol. The van der Waals surface area contributed by atoms with Crippen molar-refractivity contribution in [3.05, 3.63) is 58.6 Å². The first kappa shape index (κ1) is 30.3. The molecular formula is C30H40ClN3O5. The Morgan fingerprint density at radius 1 is 1.10 bits per heavy atom. The minimum absolute atomic E-state index is 0.0469. The summed E-state index contributed by atoms with van der Waals surface area (Å²) < 4.78 is 5.45. The molecule has 3 N–H and O–H groups in total. The number of halogens is 1. The van der Waals surface area contributed by atoms with E-state index in [0.29, 0.717) is 22.7 Å². The van der Waals surface area contributed by atoms with Gasteiger partial charge in [-0.3, -0.25) is 9.59 Å². The molecule has 2 aromatic rings. The van der Waals surface area contributed by atoms with Crippen molar-refractivity contribution in [2.75, 3.05) is 5.32 Å². The zero-order valence-corrected chi connectivity index (χ0v) is 24.3. The van der Waals surface area contributed by atoms with Gasteiger partial charge >= 0.3 is 6.09 Å². The topological polar surface area (TPSA) is 108 Å². The average Bonchev–Trinajstić information content (AvgIpc) is 2.78. The van der Waals surface area contributed by atoms with Gasteiger partial charge in [0, 0.05) is 6.04 Å². The normalized spacial score (nSPS) is 15.2. The van der Waals surface area contributed by atoms with E-state index in [4.69, 9.17) is 16.3 Å². The van der Waals surface area contributed by atoms with Crippen LogP contribution in [0.3, 0.4) is 0 Å². The van der Waals surface area contributed by atoms with Crippen molar-refractivity contribution in [1.82, 2.24) is 10.2 Å². The van der Waals surface area contributed by atoms with Gasteiger partial charge in [0.15, 0.2) is 0 Å². The second-order valence-electron chi connectivity index (χ2n) is 11.6. The van der Waals surface area contributed by atoms with E-state index >= 15 is 0 Å². The number of alkyl carbamates (subject to hydrolysis) is 1. The number of carbonyl (C=O) groups is 3. The summed E-state index contributed by atoms with van der Waals surface area (Å²) in [6, 6.07) is 9.48. The molecule has 1 fully saturated rings. The molecule has 1 saturated carbocycles. The summed E-state index contributed by atoms with van der Waals surface area (Å²) in [5, 5.41) is 16.0. The third-order valence-electron chi connectivity index (χ3n) is 6.62. The first-order chi connectivity index (χ1) is 18.3. The van der Waals surface area contributed by atoms with Crippen LogP contribution in [-0.2, 0) is 14.3 Å². The highest BCUT2D eigenvalue weighted by Crippen LogP contribution is 2.36. The van der Waals surface area contributed by atoms with Crippen LogP contribution in [0, 0.1) is 12.8 Å². The van der Waals surface area contributed by atoms with Crippen molar-refractivity contribution in [3.8, 4) is 5.75 Å². The van der Waals surface area contributed by atoms with Crippen LogP contribution in [-0.4, -0.2) is 45.6 Å². The van der Waals surface area contributed by atoms with Gasteiger partial charge in [0.25, 0.3) is 5.91 Å². The highest BCUT2D eigenvalue weighted by atomic mass is 35.5. The molecule has 39 heavy (non-hydrogen) atoms. The number of nitrogens with one attached hydrogen (secondary N) is 2. The maximum absolute atomic E-state index is 14.3. The largest absolute Gasteiger partial charge is 0.508 e. The van der Waals surface area contributed by atoms with Crippen molar-refractivity contribution >= 4 is 35.2 Å². The Hall–Kier alpha value is -3.26. The lowest BCUT2D eigenvalue weighted by Crippen LogP contribution is -2.57. The lowest BCUT2D eigenvalue weighted by Gasteiger charge is -2.43. The van der Waals surface area contributed by atoms with Crippen LogP contribution >= 0.6 is 11.6 Å². The van der Waals surface area contributed by atoms with Gasteiger partial charge in [0.1, 0.15) is 23.4 Å². The molecule has 3 rings (SSSR count). The molecule has 0 heterocycles. The summed E-state index contributed by atoms with van der Waals surface area (Å²) in [4.78, 5) is 42.6. The highest BCUT2D eigenvalue weighted by Gasteiger charge is 2.42. The number of aromatic hydroxyl groups is 1. The number of aryl methyl sites for hydroxylation is 1. The number of para-hydroxylation sites is 1. The van der Waals surface area contributed by atoms with E-state index in [1.165, 1.54) is 12.1 Å². The molecule has 0 aliphatic heterocycles. The minimum Gasteiger partial charge on any atom is -0.508 e. The summed E-state index contributed by atoms with van der Waals surface area (Å²) in [5.74, 6) is -0.657. The fourth-order valence-electron chi connectivity index (χ4n) is 4.58. The molecule has 0 bridgehead atoms. The summed E-state index contributed by atoms with van der Waals surface area (Å²) in [6.45, 7) is 11.1. The molecule has 1 aliphatic carbocycles. The van der Waals surface area contributed by atoms with Crippen molar-refractivity contribution in [2.45, 2.75) is 91.0 Å². The number of carbonyl (C=O) groups excluding carboxylic acids is 3. The Morgan fingerprint density at radius 3 is 2.26 bits per heavy atom. The van der Waals surface area contributed by atoms with Gasteiger partial charge in [-0.05, 0) is 88.6 Å². The van der Waals surface area contributed by atoms with E-state index in [1.807, 2.05) is 26.8 Å². The zero-order chi connectivity index (χ0) is 28.9. The van der Waals surface area contributed by atoms with E-state index in [9.17, 15) is 19.5 Å². The van der Waals surface area contributed by atoms with Gasteiger partial charge in [0.05, 0.1) is 10.7 Å². The molecule has 0 radical (unpaired) electrons. The first-order valence-corrected chi connectivity index (χ1v) is 13.8. The third-order valence-corrected chi connectivity index (χ3v) is 6.94. The SMILES string of the molecule is Cc1cccc(Cl)c1NC(=O)C(c1ccc(O)cc1)N(C(=O)C(CC(C)C)NC(=O)OC(C)(C)C)C1CCC1. The van der Waals surface area contributed by atoms with Gasteiger partial charge in [-0.15, -0.1) is 0 Å². The zero-order valence-electron chi connectivity index (χ0n) is 23.6. The fourth-order valence-corrected chi connectivity index (χ4v) is 4.85. The van der Waals surface area contributed by atoms with Gasteiger partial charge in [-0.1, -0.05) is 49.7 Å². The first-order valence-electron chi connectivity index (χ1n) is 13.4.